The number of carbonyl (C=O) groups is 2. The summed E-state index contributed by atoms with van der Waals surface area (Å²) in [5, 5.41) is 0. The molecule has 0 aliphatic carbocycles. The zero-order chi connectivity index (χ0) is 35.7. The van der Waals surface area contributed by atoms with Crippen molar-refractivity contribution in [2.24, 2.45) is 11.8 Å². The summed E-state index contributed by atoms with van der Waals surface area (Å²) < 4.78 is 12.3. The van der Waals surface area contributed by atoms with E-state index >= 15 is 0 Å². The van der Waals surface area contributed by atoms with E-state index in [-0.39, 0.29) is 23.8 Å². The molecule has 1 heterocycles. The predicted molar refractivity (Wildman–Crippen MR) is 209 cm³/mol. The first-order valence-electron chi connectivity index (χ1n) is 20.6. The standard InChI is InChI=1S/C44H78NO4/c1-5-7-9-11-13-15-17-19-21-23-25-27-29-31-33-35-43(46)48-39-41-37-45(3,4)38-42(41)40-49-44(47)36-34-32-30-28-26-24-22-20-18-16-14-12-10-8-6-2/h13-16,19-22,41-42H,5-12,17-18,23-40H2,1-4H3/q+1/t41-,42-/m0/s1. The highest BCUT2D eigenvalue weighted by atomic mass is 16.5. The van der Waals surface area contributed by atoms with Crippen LogP contribution in [-0.2, 0) is 19.1 Å². The van der Waals surface area contributed by atoms with Gasteiger partial charge in [0.25, 0.3) is 0 Å². The van der Waals surface area contributed by atoms with Gasteiger partial charge in [-0.25, -0.2) is 0 Å². The molecular weight excluding hydrogens is 606 g/mol. The predicted octanol–water partition coefficient (Wildman–Crippen LogP) is 12.0. The number of rotatable bonds is 32. The zero-order valence-corrected chi connectivity index (χ0v) is 32.7. The Morgan fingerprint density at radius 1 is 0.490 bits per heavy atom. The van der Waals surface area contributed by atoms with E-state index in [1.165, 1.54) is 89.9 Å². The summed E-state index contributed by atoms with van der Waals surface area (Å²) in [6, 6.07) is 0. The van der Waals surface area contributed by atoms with Crippen molar-refractivity contribution in [2.75, 3.05) is 40.4 Å². The summed E-state index contributed by atoms with van der Waals surface area (Å²) in [7, 11) is 4.42. The van der Waals surface area contributed by atoms with E-state index in [2.05, 4.69) is 76.6 Å². The van der Waals surface area contributed by atoms with Gasteiger partial charge in [0.05, 0.1) is 39.0 Å². The number of hydrogen-bond donors (Lipinski definition) is 0. The van der Waals surface area contributed by atoms with Crippen LogP contribution in [0.2, 0.25) is 0 Å². The molecule has 1 fully saturated rings. The monoisotopic (exact) mass is 685 g/mol. The average Bonchev–Trinajstić information content (AvgIpc) is 3.39. The van der Waals surface area contributed by atoms with Gasteiger partial charge in [0.1, 0.15) is 13.2 Å². The van der Waals surface area contributed by atoms with Crippen LogP contribution in [0.25, 0.3) is 0 Å². The Kier molecular flexibility index (Phi) is 29.1. The van der Waals surface area contributed by atoms with Gasteiger partial charge in [0.2, 0.25) is 0 Å². The van der Waals surface area contributed by atoms with Gasteiger partial charge in [-0.3, -0.25) is 9.59 Å². The second kappa shape index (κ2) is 31.8. The molecule has 282 valence electrons. The van der Waals surface area contributed by atoms with Crippen molar-refractivity contribution in [1.82, 2.24) is 0 Å². The van der Waals surface area contributed by atoms with Gasteiger partial charge in [-0.1, -0.05) is 127 Å². The number of unbranched alkanes of at least 4 members (excludes halogenated alkanes) is 16. The highest BCUT2D eigenvalue weighted by molar-refractivity contribution is 5.69. The lowest BCUT2D eigenvalue weighted by molar-refractivity contribution is -0.880. The third-order valence-corrected chi connectivity index (χ3v) is 9.70. The Hall–Kier alpha value is -2.14. The number of allylic oxidation sites excluding steroid dienone is 8. The molecule has 0 spiro atoms. The number of ether oxygens (including phenoxy) is 2. The molecular formula is C44H78NO4+. The van der Waals surface area contributed by atoms with Gasteiger partial charge < -0.3 is 14.0 Å². The maximum Gasteiger partial charge on any atom is 0.305 e. The van der Waals surface area contributed by atoms with E-state index in [0.717, 1.165) is 68.9 Å². The summed E-state index contributed by atoms with van der Waals surface area (Å²) >= 11 is 0. The van der Waals surface area contributed by atoms with Crippen LogP contribution in [0.3, 0.4) is 0 Å². The quantitative estimate of drug-likeness (QED) is 0.0306. The summed E-state index contributed by atoms with van der Waals surface area (Å²) in [5.41, 5.74) is 0. The Morgan fingerprint density at radius 3 is 1.18 bits per heavy atom. The van der Waals surface area contributed by atoms with Gasteiger partial charge >= 0.3 is 11.9 Å². The first-order valence-corrected chi connectivity index (χ1v) is 20.6. The molecule has 0 amide bonds. The number of quaternary nitrogens is 1. The van der Waals surface area contributed by atoms with Crippen LogP contribution in [0.4, 0.5) is 0 Å². The summed E-state index contributed by atoms with van der Waals surface area (Å²) in [6.07, 6.45) is 45.3. The molecule has 0 aromatic heterocycles. The maximum atomic E-state index is 12.5. The van der Waals surface area contributed by atoms with Crippen LogP contribution < -0.4 is 0 Å². The van der Waals surface area contributed by atoms with Crippen molar-refractivity contribution in [1.29, 1.82) is 0 Å². The molecule has 1 aliphatic rings. The topological polar surface area (TPSA) is 52.6 Å². The third kappa shape index (κ3) is 28.3. The average molecular weight is 685 g/mol. The Labute approximate surface area is 303 Å². The zero-order valence-electron chi connectivity index (χ0n) is 32.7. The lowest BCUT2D eigenvalue weighted by Gasteiger charge is -2.23. The molecule has 5 nitrogen and oxygen atoms in total. The fourth-order valence-electron chi connectivity index (χ4n) is 6.73. The molecule has 1 saturated heterocycles. The van der Waals surface area contributed by atoms with E-state index in [0.29, 0.717) is 26.1 Å². The summed E-state index contributed by atoms with van der Waals surface area (Å²) in [6.45, 7) is 7.27. The Balaban J connectivity index is 2.07. The third-order valence-electron chi connectivity index (χ3n) is 9.70. The molecule has 0 radical (unpaired) electrons. The van der Waals surface area contributed by atoms with Crippen molar-refractivity contribution in [3.05, 3.63) is 48.6 Å². The minimum Gasteiger partial charge on any atom is -0.465 e. The van der Waals surface area contributed by atoms with E-state index in [9.17, 15) is 9.59 Å². The number of esters is 2. The second-order valence-corrected chi connectivity index (χ2v) is 15.1. The molecule has 0 bridgehead atoms. The normalized spacial score (nSPS) is 17.7. The van der Waals surface area contributed by atoms with Crippen LogP contribution in [0.1, 0.15) is 168 Å². The van der Waals surface area contributed by atoms with E-state index in [1.807, 2.05) is 0 Å². The molecule has 2 atom stereocenters. The van der Waals surface area contributed by atoms with Crippen molar-refractivity contribution >= 4 is 11.9 Å². The van der Waals surface area contributed by atoms with Crippen LogP contribution in [-0.4, -0.2) is 56.8 Å². The molecule has 1 rings (SSSR count). The lowest BCUT2D eigenvalue weighted by atomic mass is 9.98. The fourth-order valence-corrected chi connectivity index (χ4v) is 6.73. The number of nitrogens with zero attached hydrogens (tertiary/aromatic N) is 1. The second-order valence-electron chi connectivity index (χ2n) is 15.1. The SMILES string of the molecule is CCCCCC=CCC=CCCCCCCCC(=O)OC[C@@H]1C[N+](C)(C)C[C@H]1COC(=O)CCCCCCCC=CCC=CCCCCC. The van der Waals surface area contributed by atoms with E-state index in [1.54, 1.807) is 0 Å². The van der Waals surface area contributed by atoms with Crippen molar-refractivity contribution in [2.45, 2.75) is 168 Å². The highest BCUT2D eigenvalue weighted by Gasteiger charge is 2.41. The van der Waals surface area contributed by atoms with Gasteiger partial charge in [-0.05, 0) is 77.0 Å². The lowest BCUT2D eigenvalue weighted by Crippen LogP contribution is -2.37. The van der Waals surface area contributed by atoms with Crippen LogP contribution in [0.5, 0.6) is 0 Å². The number of hydrogen-bond acceptors (Lipinski definition) is 4. The van der Waals surface area contributed by atoms with Crippen molar-refractivity contribution in [3.63, 3.8) is 0 Å². The summed E-state index contributed by atoms with van der Waals surface area (Å²) in [4.78, 5) is 24.9. The van der Waals surface area contributed by atoms with Gasteiger partial charge in [0.15, 0.2) is 0 Å². The van der Waals surface area contributed by atoms with E-state index < -0.39 is 0 Å². The molecule has 1 aliphatic heterocycles. The Morgan fingerprint density at radius 2 is 0.816 bits per heavy atom. The van der Waals surface area contributed by atoms with Crippen molar-refractivity contribution in [3.8, 4) is 0 Å². The molecule has 0 unspecified atom stereocenters. The number of carbonyl (C=O) groups excluding carboxylic acids is 2. The van der Waals surface area contributed by atoms with Crippen LogP contribution in [0.15, 0.2) is 48.6 Å². The minimum atomic E-state index is -0.0834. The Bertz CT molecular complexity index is 846. The smallest absolute Gasteiger partial charge is 0.305 e. The maximum absolute atomic E-state index is 12.5. The molecule has 0 N–H and O–H groups in total. The number of likely N-dealkylation sites (tertiary alicyclic amines) is 1. The fraction of sp³-hybridized carbons (Fsp3) is 0.773. The first kappa shape index (κ1) is 44.9. The highest BCUT2D eigenvalue weighted by Crippen LogP contribution is 2.28. The van der Waals surface area contributed by atoms with Crippen LogP contribution >= 0.6 is 0 Å². The first-order chi connectivity index (χ1) is 23.9. The molecule has 49 heavy (non-hydrogen) atoms. The van der Waals surface area contributed by atoms with Gasteiger partial charge in [0, 0.05) is 12.8 Å². The molecule has 0 saturated carbocycles. The molecule has 0 aromatic rings. The molecule has 0 aromatic carbocycles. The molecule has 5 heteroatoms. The minimum absolute atomic E-state index is 0.0834. The van der Waals surface area contributed by atoms with Crippen LogP contribution in [0, 0.1) is 11.8 Å². The summed E-state index contributed by atoms with van der Waals surface area (Å²) in [5.74, 6) is 0.319. The van der Waals surface area contributed by atoms with Gasteiger partial charge in [-0.15, -0.1) is 0 Å². The van der Waals surface area contributed by atoms with Crippen molar-refractivity contribution < 1.29 is 23.5 Å². The van der Waals surface area contributed by atoms with E-state index in [4.69, 9.17) is 9.47 Å². The largest absolute Gasteiger partial charge is 0.465 e. The van der Waals surface area contributed by atoms with Gasteiger partial charge in [-0.2, -0.15) is 0 Å².